The molecule has 1 aromatic rings. The number of ketones is 1. The van der Waals surface area contributed by atoms with Crippen LogP contribution < -0.4 is 0 Å². The summed E-state index contributed by atoms with van der Waals surface area (Å²) in [5, 5.41) is 9.14. The summed E-state index contributed by atoms with van der Waals surface area (Å²) in [7, 11) is 0. The summed E-state index contributed by atoms with van der Waals surface area (Å²) in [6, 6.07) is 6.46. The Morgan fingerprint density at radius 3 is 2.33 bits per heavy atom. The first-order chi connectivity index (χ1) is 8.35. The fraction of sp³-hybridized carbons (Fsp3) is 0.308. The number of Topliss-reactive ketones (excluding diaryl/α,β-unsaturated/α-hetero) is 1. The molecule has 0 bridgehead atoms. The van der Waals surface area contributed by atoms with Crippen molar-refractivity contribution in [1.82, 2.24) is 4.90 Å². The lowest BCUT2D eigenvalue weighted by Gasteiger charge is -2.37. The fourth-order valence-corrected chi connectivity index (χ4v) is 1.93. The van der Waals surface area contributed by atoms with Gasteiger partial charge in [0.1, 0.15) is 5.54 Å². The highest BCUT2D eigenvalue weighted by atomic mass is 16.4. The molecule has 1 N–H and O–H groups in total. The van der Waals surface area contributed by atoms with Crippen LogP contribution in [0.1, 0.15) is 34.6 Å². The molecule has 0 radical (unpaired) electrons. The number of carbonyl (C=O) groups excluding carboxylic acids is 2. The molecule has 0 fully saturated rings. The quantitative estimate of drug-likeness (QED) is 0.851. The molecule has 0 saturated heterocycles. The lowest BCUT2D eigenvalue weighted by atomic mass is 9.93. The molecule has 1 amide bonds. The highest BCUT2D eigenvalue weighted by molar-refractivity contribution is 6.14. The van der Waals surface area contributed by atoms with Crippen LogP contribution in [0.3, 0.4) is 0 Å². The maximum atomic E-state index is 12.2. The number of aliphatic carboxylic acids is 1. The second-order valence-electron chi connectivity index (χ2n) is 4.72. The van der Waals surface area contributed by atoms with Gasteiger partial charge in [-0.25, -0.2) is 4.79 Å². The minimum absolute atomic E-state index is 0.199. The molecule has 0 saturated carbocycles. The number of amides is 1. The third-order valence-corrected chi connectivity index (χ3v) is 3.20. The van der Waals surface area contributed by atoms with E-state index in [0.717, 1.165) is 4.90 Å². The normalized spacial score (nSPS) is 15.6. The van der Waals surface area contributed by atoms with Gasteiger partial charge in [-0.1, -0.05) is 18.2 Å². The standard InChI is InChI=1S/C13H13NO4/c1-13(2,12(17)18)14-7-10(15)8-5-3-4-6-9(8)11(14)16/h3-6H,7H2,1-2H3,(H,17,18). The lowest BCUT2D eigenvalue weighted by Crippen LogP contribution is -2.56. The predicted molar refractivity (Wildman–Crippen MR) is 63.5 cm³/mol. The van der Waals surface area contributed by atoms with Gasteiger partial charge in [0, 0.05) is 5.56 Å². The average Bonchev–Trinajstić information content (AvgIpc) is 2.33. The molecule has 1 aliphatic rings. The van der Waals surface area contributed by atoms with Crippen LogP contribution in [0.2, 0.25) is 0 Å². The van der Waals surface area contributed by atoms with Crippen molar-refractivity contribution in [3.8, 4) is 0 Å². The number of carboxylic acid groups (broad SMARTS) is 1. The summed E-state index contributed by atoms with van der Waals surface area (Å²) < 4.78 is 0. The summed E-state index contributed by atoms with van der Waals surface area (Å²) in [5.74, 6) is -1.79. The molecule has 0 aliphatic carbocycles. The molecule has 1 aliphatic heterocycles. The molecule has 5 heteroatoms. The van der Waals surface area contributed by atoms with Crippen molar-refractivity contribution in [2.45, 2.75) is 19.4 Å². The molecule has 5 nitrogen and oxygen atoms in total. The van der Waals surface area contributed by atoms with Crippen molar-refractivity contribution in [2.24, 2.45) is 0 Å². The molecule has 94 valence electrons. The van der Waals surface area contributed by atoms with Gasteiger partial charge in [-0.05, 0) is 19.9 Å². The Morgan fingerprint density at radius 1 is 1.22 bits per heavy atom. The Bertz CT molecular complexity index is 548. The Kier molecular flexibility index (Phi) is 2.69. The summed E-state index contributed by atoms with van der Waals surface area (Å²) in [5.41, 5.74) is -0.775. The van der Waals surface area contributed by atoms with Gasteiger partial charge in [-0.15, -0.1) is 0 Å². The third kappa shape index (κ3) is 1.68. The van der Waals surface area contributed by atoms with E-state index in [-0.39, 0.29) is 17.9 Å². The van der Waals surface area contributed by atoms with Gasteiger partial charge in [-0.2, -0.15) is 0 Å². The highest BCUT2D eigenvalue weighted by Crippen LogP contribution is 2.25. The van der Waals surface area contributed by atoms with Crippen LogP contribution in [0.5, 0.6) is 0 Å². The SMILES string of the molecule is CC(C)(C(=O)O)N1CC(=O)c2ccccc2C1=O. The van der Waals surface area contributed by atoms with Gasteiger partial charge < -0.3 is 10.0 Å². The first-order valence-electron chi connectivity index (χ1n) is 5.53. The maximum absolute atomic E-state index is 12.2. The Morgan fingerprint density at radius 2 is 1.78 bits per heavy atom. The van der Waals surface area contributed by atoms with E-state index >= 15 is 0 Å². The van der Waals surface area contributed by atoms with Crippen LogP contribution in [0.15, 0.2) is 24.3 Å². The number of carboxylic acids is 1. The zero-order valence-electron chi connectivity index (χ0n) is 10.1. The van der Waals surface area contributed by atoms with Crippen LogP contribution in [0.4, 0.5) is 0 Å². The predicted octanol–water partition coefficient (Wildman–Crippen LogP) is 1.19. The van der Waals surface area contributed by atoms with E-state index in [4.69, 9.17) is 5.11 Å². The molecule has 0 unspecified atom stereocenters. The Labute approximate surface area is 104 Å². The van der Waals surface area contributed by atoms with Gasteiger partial charge >= 0.3 is 5.97 Å². The number of hydrogen-bond donors (Lipinski definition) is 1. The minimum atomic E-state index is -1.40. The fourth-order valence-electron chi connectivity index (χ4n) is 1.93. The zero-order valence-corrected chi connectivity index (χ0v) is 10.1. The monoisotopic (exact) mass is 247 g/mol. The first kappa shape index (κ1) is 12.3. The van der Waals surface area contributed by atoms with Crippen LogP contribution in [0, 0.1) is 0 Å². The first-order valence-corrected chi connectivity index (χ1v) is 5.53. The van der Waals surface area contributed by atoms with E-state index in [2.05, 4.69) is 0 Å². The van der Waals surface area contributed by atoms with Crippen molar-refractivity contribution in [1.29, 1.82) is 0 Å². The Hall–Kier alpha value is -2.17. The lowest BCUT2D eigenvalue weighted by molar-refractivity contribution is -0.147. The molecule has 0 aromatic heterocycles. The summed E-state index contributed by atoms with van der Waals surface area (Å²) in [6.45, 7) is 2.62. The number of fused-ring (bicyclic) bond motifs is 1. The molecular formula is C13H13NO4. The third-order valence-electron chi connectivity index (χ3n) is 3.20. The summed E-state index contributed by atoms with van der Waals surface area (Å²) in [6.07, 6.45) is 0. The number of carbonyl (C=O) groups is 3. The summed E-state index contributed by atoms with van der Waals surface area (Å²) >= 11 is 0. The molecule has 2 rings (SSSR count). The average molecular weight is 247 g/mol. The van der Waals surface area contributed by atoms with Gasteiger partial charge in [0.05, 0.1) is 12.1 Å². The smallest absolute Gasteiger partial charge is 0.329 e. The number of benzene rings is 1. The van der Waals surface area contributed by atoms with Gasteiger partial charge in [0.25, 0.3) is 5.91 Å². The van der Waals surface area contributed by atoms with Crippen molar-refractivity contribution in [2.75, 3.05) is 6.54 Å². The van der Waals surface area contributed by atoms with E-state index in [1.54, 1.807) is 24.3 Å². The van der Waals surface area contributed by atoms with Crippen molar-refractivity contribution < 1.29 is 19.5 Å². The topological polar surface area (TPSA) is 74.7 Å². The van der Waals surface area contributed by atoms with E-state index < -0.39 is 17.4 Å². The van der Waals surface area contributed by atoms with Crippen molar-refractivity contribution in [3.63, 3.8) is 0 Å². The van der Waals surface area contributed by atoms with Gasteiger partial charge in [0.2, 0.25) is 0 Å². The van der Waals surface area contributed by atoms with E-state index in [1.165, 1.54) is 13.8 Å². The van der Waals surface area contributed by atoms with Gasteiger partial charge in [0.15, 0.2) is 5.78 Å². The van der Waals surface area contributed by atoms with E-state index in [1.807, 2.05) is 0 Å². The minimum Gasteiger partial charge on any atom is -0.480 e. The summed E-state index contributed by atoms with van der Waals surface area (Å²) in [4.78, 5) is 36.4. The van der Waals surface area contributed by atoms with E-state index in [0.29, 0.717) is 5.56 Å². The molecule has 0 atom stereocenters. The highest BCUT2D eigenvalue weighted by Gasteiger charge is 2.42. The van der Waals surface area contributed by atoms with Crippen molar-refractivity contribution >= 4 is 17.7 Å². The van der Waals surface area contributed by atoms with Crippen LogP contribution >= 0.6 is 0 Å². The molecule has 1 aromatic carbocycles. The second-order valence-corrected chi connectivity index (χ2v) is 4.72. The van der Waals surface area contributed by atoms with Crippen molar-refractivity contribution in [3.05, 3.63) is 35.4 Å². The molecule has 1 heterocycles. The molecule has 0 spiro atoms. The number of nitrogens with zero attached hydrogens (tertiary/aromatic N) is 1. The number of hydrogen-bond acceptors (Lipinski definition) is 3. The maximum Gasteiger partial charge on any atom is 0.329 e. The molecule has 18 heavy (non-hydrogen) atoms. The van der Waals surface area contributed by atoms with E-state index in [9.17, 15) is 14.4 Å². The van der Waals surface area contributed by atoms with Crippen LogP contribution in [-0.2, 0) is 4.79 Å². The van der Waals surface area contributed by atoms with Gasteiger partial charge in [-0.3, -0.25) is 9.59 Å². The molecular weight excluding hydrogens is 234 g/mol. The zero-order chi connectivity index (χ0) is 13.5. The van der Waals surface area contributed by atoms with Crippen LogP contribution in [-0.4, -0.2) is 39.7 Å². The number of rotatable bonds is 2. The largest absolute Gasteiger partial charge is 0.480 e. The second kappa shape index (κ2) is 3.94. The Balaban J connectivity index is 2.50. The van der Waals surface area contributed by atoms with Crippen LogP contribution in [0.25, 0.3) is 0 Å².